The van der Waals surface area contributed by atoms with Crippen molar-refractivity contribution in [3.05, 3.63) is 28.5 Å². The first-order chi connectivity index (χ1) is 9.61. The maximum atomic E-state index is 12.6. The van der Waals surface area contributed by atoms with Crippen molar-refractivity contribution in [3.8, 4) is 0 Å². The minimum absolute atomic E-state index is 0.0258. The van der Waals surface area contributed by atoms with Crippen molar-refractivity contribution in [3.63, 3.8) is 0 Å². The Morgan fingerprint density at radius 1 is 1.43 bits per heavy atom. The van der Waals surface area contributed by atoms with Crippen LogP contribution in [0.5, 0.6) is 0 Å². The summed E-state index contributed by atoms with van der Waals surface area (Å²) in [5.41, 5.74) is -1.45. The lowest BCUT2D eigenvalue weighted by atomic mass is 10.0. The Hall–Kier alpha value is -1.38. The summed E-state index contributed by atoms with van der Waals surface area (Å²) < 4.78 is 37.8. The third kappa shape index (κ3) is 5.49. The van der Waals surface area contributed by atoms with Crippen molar-refractivity contribution in [1.29, 1.82) is 0 Å². The highest BCUT2D eigenvalue weighted by atomic mass is 35.5. The van der Waals surface area contributed by atoms with Gasteiger partial charge < -0.3 is 15.5 Å². The van der Waals surface area contributed by atoms with Crippen LogP contribution in [0, 0.1) is 0 Å². The Labute approximate surface area is 123 Å². The van der Waals surface area contributed by atoms with Crippen molar-refractivity contribution >= 4 is 17.5 Å². The zero-order valence-corrected chi connectivity index (χ0v) is 11.7. The van der Waals surface area contributed by atoms with Gasteiger partial charge in [-0.3, -0.25) is 4.79 Å². The number of halogens is 4. The maximum Gasteiger partial charge on any atom is 0.433 e. The van der Waals surface area contributed by atoms with Gasteiger partial charge in [0.1, 0.15) is 17.0 Å². The number of aliphatic hydroxyl groups is 2. The van der Waals surface area contributed by atoms with Crippen LogP contribution in [0.1, 0.15) is 30.7 Å². The molecule has 0 spiro atoms. The van der Waals surface area contributed by atoms with Crippen LogP contribution in [-0.4, -0.2) is 33.8 Å². The number of alkyl halides is 3. The van der Waals surface area contributed by atoms with Crippen LogP contribution < -0.4 is 5.32 Å². The number of carbonyl (C=O) groups is 1. The van der Waals surface area contributed by atoms with Gasteiger partial charge in [0, 0.05) is 13.5 Å². The summed E-state index contributed by atoms with van der Waals surface area (Å²) >= 11 is 5.49. The summed E-state index contributed by atoms with van der Waals surface area (Å²) in [6.07, 6.45) is -7.65. The Morgan fingerprint density at radius 3 is 2.57 bits per heavy atom. The normalized spacial score (nSPS) is 14.6. The summed E-state index contributed by atoms with van der Waals surface area (Å²) in [6.45, 7) is 1.36. The average molecular weight is 327 g/mol. The third-order valence-electron chi connectivity index (χ3n) is 2.63. The Bertz CT molecular complexity index is 511. The first-order valence-electron chi connectivity index (χ1n) is 5.96. The standard InChI is InChI=1S/C12H14ClF3N2O3/c1-6(19)17-3-2-8(20)11(21)7-4-9(12(14,15)16)18-10(13)5-7/h4-5,8,11,20-21H,2-3H2,1H3,(H,17,19). The minimum Gasteiger partial charge on any atom is -0.390 e. The Balaban J connectivity index is 2.84. The molecule has 2 atom stereocenters. The zero-order valence-electron chi connectivity index (χ0n) is 11.0. The molecule has 1 rings (SSSR count). The number of aromatic nitrogens is 1. The van der Waals surface area contributed by atoms with E-state index in [9.17, 15) is 28.2 Å². The van der Waals surface area contributed by atoms with E-state index in [4.69, 9.17) is 11.6 Å². The van der Waals surface area contributed by atoms with E-state index in [2.05, 4.69) is 10.3 Å². The summed E-state index contributed by atoms with van der Waals surface area (Å²) in [7, 11) is 0. The van der Waals surface area contributed by atoms with E-state index < -0.39 is 29.2 Å². The fraction of sp³-hybridized carbons (Fsp3) is 0.500. The van der Waals surface area contributed by atoms with E-state index in [0.717, 1.165) is 6.07 Å². The first kappa shape index (κ1) is 17.7. The topological polar surface area (TPSA) is 82.5 Å². The van der Waals surface area contributed by atoms with Crippen molar-refractivity contribution in [2.75, 3.05) is 6.54 Å². The largest absolute Gasteiger partial charge is 0.433 e. The molecule has 0 aromatic carbocycles. The van der Waals surface area contributed by atoms with Gasteiger partial charge in [-0.05, 0) is 24.1 Å². The average Bonchev–Trinajstić information content (AvgIpc) is 2.35. The van der Waals surface area contributed by atoms with E-state index in [1.807, 2.05) is 0 Å². The van der Waals surface area contributed by atoms with Crippen LogP contribution in [-0.2, 0) is 11.0 Å². The molecule has 118 valence electrons. The lowest BCUT2D eigenvalue weighted by Gasteiger charge is -2.19. The summed E-state index contributed by atoms with van der Waals surface area (Å²) in [4.78, 5) is 13.8. The molecule has 1 heterocycles. The van der Waals surface area contributed by atoms with Crippen molar-refractivity contribution in [2.45, 2.75) is 31.7 Å². The number of nitrogens with one attached hydrogen (secondary N) is 1. The number of rotatable bonds is 5. The second-order valence-corrected chi connectivity index (χ2v) is 4.78. The fourth-order valence-electron chi connectivity index (χ4n) is 1.61. The van der Waals surface area contributed by atoms with Gasteiger partial charge in [0.15, 0.2) is 0 Å². The SMILES string of the molecule is CC(=O)NCCC(O)C(O)c1cc(Cl)nc(C(F)(F)F)c1. The number of hydrogen-bond donors (Lipinski definition) is 3. The van der Waals surface area contributed by atoms with Gasteiger partial charge in [-0.25, -0.2) is 4.98 Å². The molecular formula is C12H14ClF3N2O3. The van der Waals surface area contributed by atoms with Gasteiger partial charge in [-0.1, -0.05) is 11.6 Å². The van der Waals surface area contributed by atoms with Gasteiger partial charge in [0.25, 0.3) is 0 Å². The molecule has 2 unspecified atom stereocenters. The Kier molecular flexibility index (Phi) is 5.94. The number of amides is 1. The van der Waals surface area contributed by atoms with Gasteiger partial charge in [-0.15, -0.1) is 0 Å². The molecule has 0 aliphatic heterocycles. The molecule has 0 radical (unpaired) electrons. The molecule has 5 nitrogen and oxygen atoms in total. The second-order valence-electron chi connectivity index (χ2n) is 4.39. The number of aliphatic hydroxyl groups excluding tert-OH is 2. The monoisotopic (exact) mass is 326 g/mol. The second kappa shape index (κ2) is 7.06. The number of pyridine rings is 1. The highest BCUT2D eigenvalue weighted by Crippen LogP contribution is 2.31. The van der Waals surface area contributed by atoms with Crippen molar-refractivity contribution in [2.24, 2.45) is 0 Å². The smallest absolute Gasteiger partial charge is 0.390 e. The van der Waals surface area contributed by atoms with Gasteiger partial charge in [-0.2, -0.15) is 13.2 Å². The Morgan fingerprint density at radius 2 is 2.05 bits per heavy atom. The van der Waals surface area contributed by atoms with E-state index in [1.165, 1.54) is 6.92 Å². The van der Waals surface area contributed by atoms with Gasteiger partial charge >= 0.3 is 6.18 Å². The first-order valence-corrected chi connectivity index (χ1v) is 6.34. The lowest BCUT2D eigenvalue weighted by molar-refractivity contribution is -0.141. The quantitative estimate of drug-likeness (QED) is 0.719. The van der Waals surface area contributed by atoms with Crippen LogP contribution in [0.4, 0.5) is 13.2 Å². The highest BCUT2D eigenvalue weighted by molar-refractivity contribution is 6.29. The van der Waals surface area contributed by atoms with E-state index in [-0.39, 0.29) is 24.4 Å². The predicted molar refractivity (Wildman–Crippen MR) is 68.5 cm³/mol. The third-order valence-corrected chi connectivity index (χ3v) is 2.82. The summed E-state index contributed by atoms with van der Waals surface area (Å²) in [5, 5.41) is 21.5. The minimum atomic E-state index is -4.71. The molecule has 3 N–H and O–H groups in total. The molecule has 21 heavy (non-hydrogen) atoms. The highest BCUT2D eigenvalue weighted by Gasteiger charge is 2.34. The number of nitrogens with zero attached hydrogens (tertiary/aromatic N) is 1. The maximum absolute atomic E-state index is 12.6. The summed E-state index contributed by atoms with van der Waals surface area (Å²) in [5.74, 6) is -0.317. The van der Waals surface area contributed by atoms with E-state index in [0.29, 0.717) is 6.07 Å². The molecule has 0 saturated carbocycles. The molecule has 0 aliphatic rings. The molecular weight excluding hydrogens is 313 g/mol. The molecule has 0 saturated heterocycles. The van der Waals surface area contributed by atoms with Gasteiger partial charge in [0.05, 0.1) is 6.10 Å². The van der Waals surface area contributed by atoms with Crippen LogP contribution in [0.2, 0.25) is 5.15 Å². The van der Waals surface area contributed by atoms with E-state index in [1.54, 1.807) is 0 Å². The van der Waals surface area contributed by atoms with Crippen LogP contribution in [0.25, 0.3) is 0 Å². The zero-order chi connectivity index (χ0) is 16.2. The molecule has 0 bridgehead atoms. The number of carbonyl (C=O) groups excluding carboxylic acids is 1. The predicted octanol–water partition coefficient (Wildman–Crippen LogP) is 1.67. The molecule has 1 aromatic heterocycles. The van der Waals surface area contributed by atoms with Crippen LogP contribution >= 0.6 is 11.6 Å². The molecule has 0 fully saturated rings. The fourth-order valence-corrected chi connectivity index (χ4v) is 1.83. The lowest BCUT2D eigenvalue weighted by Crippen LogP contribution is -2.27. The molecule has 9 heteroatoms. The van der Waals surface area contributed by atoms with Crippen LogP contribution in [0.3, 0.4) is 0 Å². The van der Waals surface area contributed by atoms with Crippen LogP contribution in [0.15, 0.2) is 12.1 Å². The van der Waals surface area contributed by atoms with Crippen molar-refractivity contribution < 1.29 is 28.2 Å². The number of hydrogen-bond acceptors (Lipinski definition) is 4. The van der Waals surface area contributed by atoms with Crippen molar-refractivity contribution in [1.82, 2.24) is 10.3 Å². The van der Waals surface area contributed by atoms with Gasteiger partial charge in [0.2, 0.25) is 5.91 Å². The molecule has 0 aliphatic carbocycles. The summed E-state index contributed by atoms with van der Waals surface area (Å²) in [6, 6.07) is 1.67. The molecule has 1 aromatic rings. The van der Waals surface area contributed by atoms with E-state index >= 15 is 0 Å². The molecule has 1 amide bonds.